The van der Waals surface area contributed by atoms with E-state index >= 15 is 0 Å². The molecule has 3 aromatic heterocycles. The Kier molecular flexibility index (Phi) is 5.52. The van der Waals surface area contributed by atoms with E-state index in [1.54, 1.807) is 24.5 Å². The molecule has 0 fully saturated rings. The van der Waals surface area contributed by atoms with Crippen molar-refractivity contribution in [3.63, 3.8) is 0 Å². The lowest BCUT2D eigenvalue weighted by Gasteiger charge is -2.12. The highest BCUT2D eigenvalue weighted by atomic mass is 32.2. The zero-order valence-electron chi connectivity index (χ0n) is 15.6. The van der Waals surface area contributed by atoms with Gasteiger partial charge in [-0.3, -0.25) is 4.72 Å². The van der Waals surface area contributed by atoms with Crippen molar-refractivity contribution in [1.29, 1.82) is 0 Å². The van der Waals surface area contributed by atoms with Crippen LogP contribution in [0, 0.1) is 13.8 Å². The maximum absolute atomic E-state index is 12.7. The van der Waals surface area contributed by atoms with E-state index in [2.05, 4.69) is 14.7 Å². The lowest BCUT2D eigenvalue weighted by molar-refractivity contribution is 0.473. The van der Waals surface area contributed by atoms with Gasteiger partial charge in [0.05, 0.1) is 0 Å². The zero-order valence-corrected chi connectivity index (χ0v) is 17.3. The van der Waals surface area contributed by atoms with E-state index in [0.717, 1.165) is 22.1 Å². The van der Waals surface area contributed by atoms with Gasteiger partial charge in [0.25, 0.3) is 5.19 Å². The van der Waals surface area contributed by atoms with Crippen LogP contribution in [-0.4, -0.2) is 14.5 Å². The smallest absolute Gasteiger partial charge is 0.340 e. The first-order chi connectivity index (χ1) is 14.0. The average Bonchev–Trinajstić information content (AvgIpc) is 3.20. The molecule has 0 amide bonds. The second-order valence-electron chi connectivity index (χ2n) is 6.43. The van der Waals surface area contributed by atoms with Crippen LogP contribution >= 0.6 is 23.6 Å². The molecule has 0 saturated carbocycles. The van der Waals surface area contributed by atoms with Gasteiger partial charge in [-0.05, 0) is 48.7 Å². The Morgan fingerprint density at radius 3 is 2.86 bits per heavy atom. The van der Waals surface area contributed by atoms with Crippen LogP contribution in [0.1, 0.15) is 22.3 Å². The highest BCUT2D eigenvalue weighted by Crippen LogP contribution is 2.32. The van der Waals surface area contributed by atoms with Gasteiger partial charge in [0.15, 0.2) is 0 Å². The minimum absolute atomic E-state index is 0.387. The van der Waals surface area contributed by atoms with Gasteiger partial charge in [-0.2, -0.15) is 0 Å². The van der Waals surface area contributed by atoms with E-state index in [1.807, 2.05) is 31.4 Å². The molecule has 0 aliphatic carbocycles. The Balaban J connectivity index is 1.73. The fourth-order valence-electron chi connectivity index (χ4n) is 3.08. The van der Waals surface area contributed by atoms with Crippen molar-refractivity contribution in [2.45, 2.75) is 20.3 Å². The van der Waals surface area contributed by atoms with Crippen molar-refractivity contribution < 1.29 is 13.7 Å². The second-order valence-corrected chi connectivity index (χ2v) is 7.67. The molecular formula is C20H17N3O4S2. The zero-order chi connectivity index (χ0) is 20.4. The molecule has 0 radical (unpaired) electrons. The molecule has 0 spiro atoms. The molecule has 0 aliphatic heterocycles. The number of fused-ring (bicyclic) bond motifs is 1. The van der Waals surface area contributed by atoms with E-state index in [9.17, 15) is 4.79 Å². The maximum Gasteiger partial charge on any atom is 0.340 e. The SMILES string of the molecule is Cc1cc2c(C)c(Cc3ccnc(NSO)c3)c(=O)oc2cc1Oc1nccs1. The summed E-state index contributed by atoms with van der Waals surface area (Å²) >= 11 is 1.87. The van der Waals surface area contributed by atoms with Crippen LogP contribution < -0.4 is 15.1 Å². The van der Waals surface area contributed by atoms with Gasteiger partial charge in [0.2, 0.25) is 0 Å². The van der Waals surface area contributed by atoms with Crippen LogP contribution in [0.4, 0.5) is 5.82 Å². The van der Waals surface area contributed by atoms with Gasteiger partial charge in [-0.1, -0.05) is 11.3 Å². The number of pyridine rings is 1. The molecule has 0 aliphatic rings. The molecule has 3 heterocycles. The minimum Gasteiger partial charge on any atom is -0.430 e. The molecule has 7 nitrogen and oxygen atoms in total. The monoisotopic (exact) mass is 427 g/mol. The Labute approximate surface area is 174 Å². The number of ether oxygens (including phenoxy) is 1. The van der Waals surface area contributed by atoms with Crippen molar-refractivity contribution in [2.75, 3.05) is 4.72 Å². The van der Waals surface area contributed by atoms with E-state index in [1.165, 1.54) is 11.3 Å². The van der Waals surface area contributed by atoms with Crippen LogP contribution in [0.25, 0.3) is 11.0 Å². The van der Waals surface area contributed by atoms with E-state index in [-0.39, 0.29) is 5.63 Å². The number of benzene rings is 1. The van der Waals surface area contributed by atoms with E-state index in [4.69, 9.17) is 13.7 Å². The third kappa shape index (κ3) is 4.12. The first kappa shape index (κ1) is 19.4. The second kappa shape index (κ2) is 8.24. The molecule has 0 unspecified atom stereocenters. The molecule has 1 aromatic carbocycles. The molecule has 4 aromatic rings. The van der Waals surface area contributed by atoms with Gasteiger partial charge >= 0.3 is 5.63 Å². The van der Waals surface area contributed by atoms with Gasteiger partial charge < -0.3 is 13.7 Å². The summed E-state index contributed by atoms with van der Waals surface area (Å²) in [5, 5.41) is 3.23. The third-order valence-electron chi connectivity index (χ3n) is 4.55. The minimum atomic E-state index is -0.387. The van der Waals surface area contributed by atoms with E-state index in [0.29, 0.717) is 46.6 Å². The molecule has 4 rings (SSSR count). The number of aryl methyl sites for hydroxylation is 2. The first-order valence-corrected chi connectivity index (χ1v) is 10.4. The van der Waals surface area contributed by atoms with Gasteiger partial charge in [0, 0.05) is 41.2 Å². The number of aromatic nitrogens is 2. The molecule has 9 heteroatoms. The van der Waals surface area contributed by atoms with Gasteiger partial charge in [-0.25, -0.2) is 14.8 Å². The standard InChI is InChI=1S/C20H17N3O4S2/c1-11-7-14-12(2)15(8-13-3-4-21-18(9-13)23-29-25)19(24)26-17(14)10-16(11)27-20-22-5-6-28-20/h3-7,9-10,25H,8H2,1-2H3,(H,21,23). The molecule has 29 heavy (non-hydrogen) atoms. The number of hydrogen-bond donors (Lipinski definition) is 2. The third-order valence-corrected chi connectivity index (χ3v) is 5.49. The number of rotatable bonds is 6. The summed E-state index contributed by atoms with van der Waals surface area (Å²) in [4.78, 5) is 20.9. The van der Waals surface area contributed by atoms with E-state index < -0.39 is 0 Å². The molecule has 2 N–H and O–H groups in total. The number of anilines is 1. The lowest BCUT2D eigenvalue weighted by atomic mass is 9.99. The highest BCUT2D eigenvalue weighted by molar-refractivity contribution is 7.95. The van der Waals surface area contributed by atoms with Gasteiger partial charge in [-0.15, -0.1) is 0 Å². The molecule has 0 atom stereocenters. The van der Waals surface area contributed by atoms with Crippen molar-refractivity contribution in [1.82, 2.24) is 9.97 Å². The first-order valence-electron chi connectivity index (χ1n) is 8.71. The van der Waals surface area contributed by atoms with Crippen LogP contribution in [0.15, 0.2) is 51.3 Å². The quantitative estimate of drug-likeness (QED) is 0.247. The largest absolute Gasteiger partial charge is 0.430 e. The van der Waals surface area contributed by atoms with Crippen LogP contribution in [0.3, 0.4) is 0 Å². The normalized spacial score (nSPS) is 11.0. The lowest BCUT2D eigenvalue weighted by Crippen LogP contribution is -2.11. The van der Waals surface area contributed by atoms with Gasteiger partial charge in [0.1, 0.15) is 29.4 Å². The fourth-order valence-corrected chi connectivity index (χ4v) is 3.79. The van der Waals surface area contributed by atoms with Crippen molar-refractivity contribution in [3.8, 4) is 10.9 Å². The summed E-state index contributed by atoms with van der Waals surface area (Å²) in [6, 6.07) is 7.30. The number of hydrogen-bond acceptors (Lipinski definition) is 9. The number of thiazole rings is 1. The number of nitrogens with one attached hydrogen (secondary N) is 1. The van der Waals surface area contributed by atoms with Crippen molar-refractivity contribution in [3.05, 3.63) is 74.7 Å². The molecule has 0 saturated heterocycles. The molecule has 148 valence electrons. The summed E-state index contributed by atoms with van der Waals surface area (Å²) in [5.74, 6) is 1.12. The topological polar surface area (TPSA) is 97.5 Å². The Morgan fingerprint density at radius 1 is 1.24 bits per heavy atom. The molecular weight excluding hydrogens is 410 g/mol. The Bertz CT molecular complexity index is 1220. The van der Waals surface area contributed by atoms with Crippen molar-refractivity contribution in [2.24, 2.45) is 0 Å². The Hall–Kier alpha value is -2.88. The van der Waals surface area contributed by atoms with Crippen LogP contribution in [0.2, 0.25) is 0 Å². The fraction of sp³-hybridized carbons (Fsp3) is 0.150. The summed E-state index contributed by atoms with van der Waals surface area (Å²) in [6.07, 6.45) is 3.69. The summed E-state index contributed by atoms with van der Waals surface area (Å²) in [7, 11) is 0. The predicted molar refractivity (Wildman–Crippen MR) is 115 cm³/mol. The highest BCUT2D eigenvalue weighted by Gasteiger charge is 2.15. The number of nitrogens with zero attached hydrogens (tertiary/aromatic N) is 2. The summed E-state index contributed by atoms with van der Waals surface area (Å²) < 4.78 is 23.0. The molecule has 0 bridgehead atoms. The summed E-state index contributed by atoms with van der Waals surface area (Å²) in [5.41, 5.74) is 3.34. The maximum atomic E-state index is 12.7. The Morgan fingerprint density at radius 2 is 2.10 bits per heavy atom. The van der Waals surface area contributed by atoms with Crippen LogP contribution in [-0.2, 0) is 6.42 Å². The summed E-state index contributed by atoms with van der Waals surface area (Å²) in [6.45, 7) is 3.86. The van der Waals surface area contributed by atoms with Crippen molar-refractivity contribution >= 4 is 40.4 Å². The average molecular weight is 428 g/mol. The van der Waals surface area contributed by atoms with Crippen LogP contribution in [0.5, 0.6) is 10.9 Å². The predicted octanol–water partition coefficient (Wildman–Crippen LogP) is 5.18.